The maximum Gasteiger partial charge on any atom is 0.307 e. The van der Waals surface area contributed by atoms with Gasteiger partial charge in [0, 0.05) is 20.2 Å². The SMILES string of the molecule is COC1CN(C(=O)[C@@H]2[C@H](C(=O)O)C2(C)C)CCC1C. The average molecular weight is 269 g/mol. The smallest absolute Gasteiger partial charge is 0.307 e. The number of piperidine rings is 1. The number of hydrogen-bond acceptors (Lipinski definition) is 3. The van der Waals surface area contributed by atoms with Crippen LogP contribution in [0.4, 0.5) is 0 Å². The van der Waals surface area contributed by atoms with Crippen LogP contribution in [0.2, 0.25) is 0 Å². The normalized spacial score (nSPS) is 36.9. The summed E-state index contributed by atoms with van der Waals surface area (Å²) >= 11 is 0. The van der Waals surface area contributed by atoms with Gasteiger partial charge in [0.15, 0.2) is 0 Å². The Bertz CT molecular complexity index is 393. The minimum atomic E-state index is -0.864. The molecule has 0 aromatic rings. The van der Waals surface area contributed by atoms with Crippen LogP contribution in [-0.4, -0.2) is 48.2 Å². The first-order valence-corrected chi connectivity index (χ1v) is 6.85. The van der Waals surface area contributed by atoms with Gasteiger partial charge >= 0.3 is 5.97 Å². The fourth-order valence-corrected chi connectivity index (χ4v) is 3.30. The number of hydrogen-bond donors (Lipinski definition) is 1. The lowest BCUT2D eigenvalue weighted by molar-refractivity contribution is -0.143. The molecule has 2 rings (SSSR count). The Labute approximate surface area is 113 Å². The maximum atomic E-state index is 12.5. The molecule has 5 nitrogen and oxygen atoms in total. The van der Waals surface area contributed by atoms with Crippen LogP contribution in [0.1, 0.15) is 27.2 Å². The third-order valence-electron chi connectivity index (χ3n) is 4.86. The molecule has 4 atom stereocenters. The number of carboxylic acid groups (broad SMARTS) is 1. The molecule has 1 saturated heterocycles. The van der Waals surface area contributed by atoms with Crippen LogP contribution in [0.5, 0.6) is 0 Å². The zero-order valence-electron chi connectivity index (χ0n) is 12.0. The number of ether oxygens (including phenoxy) is 1. The first-order valence-electron chi connectivity index (χ1n) is 6.85. The molecule has 0 aromatic carbocycles. The molecule has 1 aliphatic carbocycles. The van der Waals surface area contributed by atoms with Crippen LogP contribution in [0, 0.1) is 23.2 Å². The third kappa shape index (κ3) is 2.36. The Morgan fingerprint density at radius 3 is 2.42 bits per heavy atom. The third-order valence-corrected chi connectivity index (χ3v) is 4.86. The molecule has 0 bridgehead atoms. The highest BCUT2D eigenvalue weighted by Gasteiger charge is 2.66. The fourth-order valence-electron chi connectivity index (χ4n) is 3.30. The number of likely N-dealkylation sites (tertiary alicyclic amines) is 1. The molecule has 1 heterocycles. The minimum absolute atomic E-state index is 0.0219. The first-order chi connectivity index (χ1) is 8.80. The van der Waals surface area contributed by atoms with Gasteiger partial charge in [0.1, 0.15) is 0 Å². The molecule has 1 aliphatic heterocycles. The summed E-state index contributed by atoms with van der Waals surface area (Å²) in [6.45, 7) is 7.12. The van der Waals surface area contributed by atoms with Crippen molar-refractivity contribution in [1.82, 2.24) is 4.90 Å². The number of methoxy groups -OCH3 is 1. The number of nitrogens with zero attached hydrogens (tertiary/aromatic N) is 1. The van der Waals surface area contributed by atoms with E-state index in [4.69, 9.17) is 9.84 Å². The number of carbonyl (C=O) groups is 2. The summed E-state index contributed by atoms with van der Waals surface area (Å²) in [5.74, 6) is -1.36. The molecule has 108 valence electrons. The number of amides is 1. The number of carbonyl (C=O) groups excluding carboxylic acids is 1. The quantitative estimate of drug-likeness (QED) is 0.836. The second-order valence-electron chi connectivity index (χ2n) is 6.44. The molecule has 2 unspecified atom stereocenters. The van der Waals surface area contributed by atoms with Crippen LogP contribution in [0.15, 0.2) is 0 Å². The summed E-state index contributed by atoms with van der Waals surface area (Å²) in [5.41, 5.74) is -0.422. The van der Waals surface area contributed by atoms with E-state index < -0.39 is 17.3 Å². The molecule has 2 fully saturated rings. The topological polar surface area (TPSA) is 66.8 Å². The summed E-state index contributed by atoms with van der Waals surface area (Å²) < 4.78 is 5.40. The van der Waals surface area contributed by atoms with Crippen LogP contribution < -0.4 is 0 Å². The van der Waals surface area contributed by atoms with E-state index in [1.54, 1.807) is 12.0 Å². The highest BCUT2D eigenvalue weighted by Crippen LogP contribution is 2.59. The monoisotopic (exact) mass is 269 g/mol. The van der Waals surface area contributed by atoms with E-state index in [0.29, 0.717) is 19.0 Å². The number of rotatable bonds is 3. The predicted molar refractivity (Wildman–Crippen MR) is 69.6 cm³/mol. The van der Waals surface area contributed by atoms with Gasteiger partial charge in [0.25, 0.3) is 0 Å². The molecule has 0 spiro atoms. The van der Waals surface area contributed by atoms with Gasteiger partial charge in [-0.15, -0.1) is 0 Å². The van der Waals surface area contributed by atoms with Gasteiger partial charge in [-0.05, 0) is 17.8 Å². The summed E-state index contributed by atoms with van der Waals surface area (Å²) in [6.07, 6.45) is 0.970. The molecule has 0 radical (unpaired) electrons. The Kier molecular flexibility index (Phi) is 3.60. The van der Waals surface area contributed by atoms with E-state index in [2.05, 4.69) is 6.92 Å². The molecular weight excluding hydrogens is 246 g/mol. The Hall–Kier alpha value is -1.10. The molecule has 1 saturated carbocycles. The predicted octanol–water partition coefficient (Wildman–Crippen LogP) is 1.23. The molecule has 5 heteroatoms. The van der Waals surface area contributed by atoms with E-state index in [1.165, 1.54) is 0 Å². The van der Waals surface area contributed by atoms with Crippen molar-refractivity contribution in [1.29, 1.82) is 0 Å². The van der Waals surface area contributed by atoms with Crippen molar-refractivity contribution in [2.24, 2.45) is 23.2 Å². The summed E-state index contributed by atoms with van der Waals surface area (Å²) in [4.78, 5) is 25.4. The average Bonchev–Trinajstić information content (AvgIpc) is 2.92. The molecule has 0 aromatic heterocycles. The molecule has 1 N–H and O–H groups in total. The van der Waals surface area contributed by atoms with Gasteiger partial charge in [-0.3, -0.25) is 9.59 Å². The van der Waals surface area contributed by atoms with Crippen molar-refractivity contribution < 1.29 is 19.4 Å². The van der Waals surface area contributed by atoms with Crippen molar-refractivity contribution in [3.8, 4) is 0 Å². The molecule has 1 amide bonds. The Balaban J connectivity index is 2.04. The Morgan fingerprint density at radius 2 is 1.95 bits per heavy atom. The van der Waals surface area contributed by atoms with Gasteiger partial charge in [0.2, 0.25) is 5.91 Å². The zero-order chi connectivity index (χ0) is 14.4. The Morgan fingerprint density at radius 1 is 1.32 bits per heavy atom. The second-order valence-corrected chi connectivity index (χ2v) is 6.44. The first kappa shape index (κ1) is 14.3. The minimum Gasteiger partial charge on any atom is -0.481 e. The van der Waals surface area contributed by atoms with Gasteiger partial charge in [0.05, 0.1) is 17.9 Å². The second kappa shape index (κ2) is 4.78. The van der Waals surface area contributed by atoms with Crippen LogP contribution >= 0.6 is 0 Å². The van der Waals surface area contributed by atoms with Crippen molar-refractivity contribution in [3.05, 3.63) is 0 Å². The summed E-state index contributed by atoms with van der Waals surface area (Å²) in [5, 5.41) is 9.15. The van der Waals surface area contributed by atoms with E-state index in [-0.39, 0.29) is 17.9 Å². The van der Waals surface area contributed by atoms with Crippen molar-refractivity contribution in [2.45, 2.75) is 33.3 Å². The van der Waals surface area contributed by atoms with Crippen molar-refractivity contribution >= 4 is 11.9 Å². The largest absolute Gasteiger partial charge is 0.481 e. The van der Waals surface area contributed by atoms with E-state index in [0.717, 1.165) is 6.42 Å². The standard InChI is InChI=1S/C14H23NO4/c1-8-5-6-15(7-9(8)19-4)12(16)10-11(13(17)18)14(10,2)3/h8-11H,5-7H2,1-4H3,(H,17,18)/t8?,9?,10-,11+/m0/s1. The van der Waals surface area contributed by atoms with Crippen LogP contribution in [-0.2, 0) is 14.3 Å². The van der Waals surface area contributed by atoms with Crippen LogP contribution in [0.3, 0.4) is 0 Å². The molecular formula is C14H23NO4. The lowest BCUT2D eigenvalue weighted by atomic mass is 9.95. The lowest BCUT2D eigenvalue weighted by Crippen LogP contribution is -2.47. The van der Waals surface area contributed by atoms with Gasteiger partial charge in [-0.1, -0.05) is 20.8 Å². The summed E-state index contributed by atoms with van der Waals surface area (Å²) in [6, 6.07) is 0. The highest BCUT2D eigenvalue weighted by molar-refractivity contribution is 5.91. The van der Waals surface area contributed by atoms with E-state index in [1.807, 2.05) is 13.8 Å². The van der Waals surface area contributed by atoms with Gasteiger partial charge < -0.3 is 14.7 Å². The fraction of sp³-hybridized carbons (Fsp3) is 0.857. The van der Waals surface area contributed by atoms with Crippen LogP contribution in [0.25, 0.3) is 0 Å². The zero-order valence-corrected chi connectivity index (χ0v) is 12.0. The molecule has 19 heavy (non-hydrogen) atoms. The van der Waals surface area contributed by atoms with Crippen molar-refractivity contribution in [3.63, 3.8) is 0 Å². The van der Waals surface area contributed by atoms with Gasteiger partial charge in [-0.25, -0.2) is 0 Å². The highest BCUT2D eigenvalue weighted by atomic mass is 16.5. The van der Waals surface area contributed by atoms with Crippen molar-refractivity contribution in [2.75, 3.05) is 20.2 Å². The van der Waals surface area contributed by atoms with E-state index >= 15 is 0 Å². The summed E-state index contributed by atoms with van der Waals surface area (Å²) in [7, 11) is 1.66. The lowest BCUT2D eigenvalue weighted by Gasteiger charge is -2.36. The molecule has 2 aliphatic rings. The number of aliphatic carboxylic acids is 1. The van der Waals surface area contributed by atoms with E-state index in [9.17, 15) is 9.59 Å². The van der Waals surface area contributed by atoms with Gasteiger partial charge in [-0.2, -0.15) is 0 Å². The number of carboxylic acids is 1. The maximum absolute atomic E-state index is 12.5.